The fourth-order valence-corrected chi connectivity index (χ4v) is 3.05. The molecule has 0 radical (unpaired) electrons. The Morgan fingerprint density at radius 3 is 2.89 bits per heavy atom. The van der Waals surface area contributed by atoms with Gasteiger partial charge in [-0.2, -0.15) is 0 Å². The van der Waals surface area contributed by atoms with Crippen LogP contribution in [0.5, 0.6) is 5.75 Å². The van der Waals surface area contributed by atoms with Gasteiger partial charge in [0.05, 0.1) is 7.11 Å². The van der Waals surface area contributed by atoms with Crippen LogP contribution in [-0.4, -0.2) is 29.9 Å². The van der Waals surface area contributed by atoms with Crippen molar-refractivity contribution >= 4 is 28.5 Å². The van der Waals surface area contributed by atoms with Crippen LogP contribution in [0.4, 0.5) is 10.1 Å². The van der Waals surface area contributed by atoms with Gasteiger partial charge in [-0.3, -0.25) is 9.59 Å². The Balaban J connectivity index is 2.28. The van der Waals surface area contributed by atoms with Crippen LogP contribution in [0.15, 0.2) is 18.2 Å². The van der Waals surface area contributed by atoms with E-state index in [0.29, 0.717) is 12.3 Å². The van der Waals surface area contributed by atoms with E-state index in [2.05, 4.69) is 0 Å². The Morgan fingerprint density at radius 1 is 1.53 bits per heavy atom. The molecule has 19 heavy (non-hydrogen) atoms. The fraction of sp³-hybridized carbons (Fsp3) is 0.385. The number of hydrogen-bond donors (Lipinski definition) is 0. The van der Waals surface area contributed by atoms with Gasteiger partial charge >= 0.3 is 0 Å². The predicted molar refractivity (Wildman–Crippen MR) is 72.0 cm³/mol. The molecule has 1 saturated heterocycles. The van der Waals surface area contributed by atoms with Crippen LogP contribution >= 0.6 is 11.8 Å². The standard InChI is InChI=1S/C13H14FNO3S/c1-8(16)19-9-6-12(17)15(7-9)13-10(14)4-3-5-11(13)18-2/h3-5,9H,6-7H2,1-2H3. The molecule has 1 fully saturated rings. The van der Waals surface area contributed by atoms with E-state index in [1.165, 1.54) is 31.1 Å². The fourth-order valence-electron chi connectivity index (χ4n) is 2.13. The highest BCUT2D eigenvalue weighted by atomic mass is 32.2. The molecule has 1 aromatic rings. The summed E-state index contributed by atoms with van der Waals surface area (Å²) >= 11 is 1.12. The SMILES string of the molecule is COc1cccc(F)c1N1CC(SC(C)=O)CC1=O. The number of ether oxygens (including phenoxy) is 1. The zero-order valence-electron chi connectivity index (χ0n) is 10.7. The molecule has 102 valence electrons. The molecule has 0 N–H and O–H groups in total. The first-order valence-electron chi connectivity index (χ1n) is 5.83. The highest BCUT2D eigenvalue weighted by Gasteiger charge is 2.34. The molecule has 1 aromatic carbocycles. The van der Waals surface area contributed by atoms with E-state index in [9.17, 15) is 14.0 Å². The lowest BCUT2D eigenvalue weighted by molar-refractivity contribution is -0.117. The minimum absolute atomic E-state index is 0.0415. The molecule has 1 aliphatic rings. The van der Waals surface area contributed by atoms with Gasteiger partial charge in [0.15, 0.2) is 10.9 Å². The van der Waals surface area contributed by atoms with E-state index in [0.717, 1.165) is 11.8 Å². The molecule has 0 bridgehead atoms. The molecule has 0 spiro atoms. The Kier molecular flexibility index (Phi) is 4.09. The van der Waals surface area contributed by atoms with Crippen molar-refractivity contribution in [2.24, 2.45) is 0 Å². The molecule has 2 rings (SSSR count). The van der Waals surface area contributed by atoms with Crippen LogP contribution in [0.1, 0.15) is 13.3 Å². The number of rotatable bonds is 3. The number of nitrogens with zero attached hydrogens (tertiary/aromatic N) is 1. The average Bonchev–Trinajstić information content (AvgIpc) is 2.68. The zero-order chi connectivity index (χ0) is 14.0. The third kappa shape index (κ3) is 2.89. The number of anilines is 1. The van der Waals surface area contributed by atoms with Crippen molar-refractivity contribution in [2.45, 2.75) is 18.6 Å². The molecule has 1 unspecified atom stereocenters. The molecule has 1 atom stereocenters. The third-order valence-corrected chi connectivity index (χ3v) is 3.84. The molecule has 1 aliphatic heterocycles. The lowest BCUT2D eigenvalue weighted by Crippen LogP contribution is -2.26. The molecule has 0 aromatic heterocycles. The van der Waals surface area contributed by atoms with Gasteiger partial charge in [0.1, 0.15) is 11.4 Å². The van der Waals surface area contributed by atoms with Gasteiger partial charge in [0.25, 0.3) is 0 Å². The van der Waals surface area contributed by atoms with Crippen LogP contribution in [0.3, 0.4) is 0 Å². The van der Waals surface area contributed by atoms with E-state index >= 15 is 0 Å². The predicted octanol–water partition coefficient (Wildman–Crippen LogP) is 2.22. The maximum atomic E-state index is 13.9. The Hall–Kier alpha value is -1.56. The van der Waals surface area contributed by atoms with E-state index in [4.69, 9.17) is 4.74 Å². The summed E-state index contributed by atoms with van der Waals surface area (Å²) in [5.74, 6) is -0.370. The molecular weight excluding hydrogens is 269 g/mol. The number of para-hydroxylation sites is 1. The van der Waals surface area contributed by atoms with Crippen molar-refractivity contribution in [2.75, 3.05) is 18.6 Å². The molecule has 1 heterocycles. The highest BCUT2D eigenvalue weighted by molar-refractivity contribution is 8.14. The number of thioether (sulfide) groups is 1. The summed E-state index contributed by atoms with van der Waals surface area (Å²) in [6, 6.07) is 4.42. The van der Waals surface area contributed by atoms with Gasteiger partial charge in [-0.15, -0.1) is 0 Å². The van der Waals surface area contributed by atoms with E-state index < -0.39 is 5.82 Å². The van der Waals surface area contributed by atoms with Crippen molar-refractivity contribution in [1.29, 1.82) is 0 Å². The minimum Gasteiger partial charge on any atom is -0.494 e. The van der Waals surface area contributed by atoms with Crippen LogP contribution in [0.25, 0.3) is 0 Å². The topological polar surface area (TPSA) is 46.6 Å². The smallest absolute Gasteiger partial charge is 0.228 e. The van der Waals surface area contributed by atoms with Gasteiger partial charge in [-0.1, -0.05) is 17.8 Å². The van der Waals surface area contributed by atoms with Crippen molar-refractivity contribution in [3.63, 3.8) is 0 Å². The molecule has 0 saturated carbocycles. The monoisotopic (exact) mass is 283 g/mol. The summed E-state index contributed by atoms with van der Waals surface area (Å²) < 4.78 is 19.0. The van der Waals surface area contributed by atoms with Gasteiger partial charge < -0.3 is 9.64 Å². The molecule has 0 aliphatic carbocycles. The molecule has 1 amide bonds. The Labute approximate surface area is 114 Å². The largest absolute Gasteiger partial charge is 0.494 e. The number of benzene rings is 1. The van der Waals surface area contributed by atoms with Gasteiger partial charge in [-0.05, 0) is 12.1 Å². The van der Waals surface area contributed by atoms with Crippen LogP contribution in [0, 0.1) is 5.82 Å². The quantitative estimate of drug-likeness (QED) is 0.853. The second-order valence-corrected chi connectivity index (χ2v) is 5.71. The summed E-state index contributed by atoms with van der Waals surface area (Å²) in [4.78, 5) is 24.4. The molecular formula is C13H14FNO3S. The number of halogens is 1. The minimum atomic E-state index is -0.499. The maximum absolute atomic E-state index is 13.9. The van der Waals surface area contributed by atoms with Crippen LogP contribution in [-0.2, 0) is 9.59 Å². The third-order valence-electron chi connectivity index (χ3n) is 2.86. The summed E-state index contributed by atoms with van der Waals surface area (Å²) in [6.07, 6.45) is 0.238. The molecule has 4 nitrogen and oxygen atoms in total. The van der Waals surface area contributed by atoms with Crippen molar-refractivity contribution in [3.8, 4) is 5.75 Å². The van der Waals surface area contributed by atoms with E-state index in [1.54, 1.807) is 6.07 Å². The number of hydrogen-bond acceptors (Lipinski definition) is 4. The van der Waals surface area contributed by atoms with Gasteiger partial charge in [-0.25, -0.2) is 4.39 Å². The number of amides is 1. The lowest BCUT2D eigenvalue weighted by Gasteiger charge is -2.19. The first-order valence-corrected chi connectivity index (χ1v) is 6.71. The average molecular weight is 283 g/mol. The van der Waals surface area contributed by atoms with Crippen LogP contribution < -0.4 is 9.64 Å². The summed E-state index contributed by atoms with van der Waals surface area (Å²) in [7, 11) is 1.43. The van der Waals surface area contributed by atoms with Crippen LogP contribution in [0.2, 0.25) is 0 Å². The van der Waals surface area contributed by atoms with E-state index in [-0.39, 0.29) is 28.4 Å². The Bertz CT molecular complexity index is 521. The highest BCUT2D eigenvalue weighted by Crippen LogP contribution is 2.36. The van der Waals surface area contributed by atoms with Crippen molar-refractivity contribution in [3.05, 3.63) is 24.0 Å². The number of methoxy groups -OCH3 is 1. The maximum Gasteiger partial charge on any atom is 0.228 e. The molecule has 6 heteroatoms. The lowest BCUT2D eigenvalue weighted by atomic mass is 10.2. The first kappa shape index (κ1) is 13.9. The van der Waals surface area contributed by atoms with E-state index in [1.807, 2.05) is 0 Å². The van der Waals surface area contributed by atoms with Gasteiger partial charge in [0, 0.05) is 25.1 Å². The Morgan fingerprint density at radius 2 is 2.26 bits per heavy atom. The van der Waals surface area contributed by atoms with Crippen molar-refractivity contribution < 1.29 is 18.7 Å². The number of carbonyl (C=O) groups excluding carboxylic acids is 2. The number of carbonyl (C=O) groups is 2. The van der Waals surface area contributed by atoms with Gasteiger partial charge in [0.2, 0.25) is 5.91 Å². The van der Waals surface area contributed by atoms with Crippen molar-refractivity contribution in [1.82, 2.24) is 0 Å². The zero-order valence-corrected chi connectivity index (χ0v) is 11.5. The summed E-state index contributed by atoms with van der Waals surface area (Å²) in [5.41, 5.74) is 0.154. The normalized spacial score (nSPS) is 18.8. The summed E-state index contributed by atoms with van der Waals surface area (Å²) in [5, 5.41) is -0.172. The second-order valence-electron chi connectivity index (χ2n) is 4.23. The first-order chi connectivity index (χ1) is 9.02. The second kappa shape index (κ2) is 5.61. The summed E-state index contributed by atoms with van der Waals surface area (Å²) in [6.45, 7) is 1.78.